The lowest BCUT2D eigenvalue weighted by molar-refractivity contribution is -0.203. The summed E-state index contributed by atoms with van der Waals surface area (Å²) in [6, 6.07) is 0. The summed E-state index contributed by atoms with van der Waals surface area (Å²) in [5.41, 5.74) is 1.47. The van der Waals surface area contributed by atoms with Crippen molar-refractivity contribution in [3.05, 3.63) is 0 Å². The van der Waals surface area contributed by atoms with Gasteiger partial charge in [0.1, 0.15) is 0 Å². The molecule has 0 aliphatic heterocycles. The van der Waals surface area contributed by atoms with Gasteiger partial charge in [-0.15, -0.1) is 0 Å². The van der Waals surface area contributed by atoms with E-state index in [1.165, 1.54) is 0 Å². The van der Waals surface area contributed by atoms with Gasteiger partial charge in [-0.3, -0.25) is 0 Å². The van der Waals surface area contributed by atoms with Gasteiger partial charge in [0.05, 0.1) is 0 Å². The molecule has 8 atom stereocenters. The van der Waals surface area contributed by atoms with E-state index in [4.69, 9.17) is 0 Å². The van der Waals surface area contributed by atoms with Gasteiger partial charge in [0.2, 0.25) is 0 Å². The van der Waals surface area contributed by atoms with Gasteiger partial charge in [0.15, 0.2) is 0 Å². The standard InChI is InChI=1S/C21H34/c1-11(2)20(5)17(19-13(4)15-6-16(15)19)7-18(20)21-8-12(3)14(9-21)10-21/h11-19H,6-10H2,1-5H3. The smallest absolute Gasteiger partial charge is 0.0238 e. The molecule has 6 fully saturated rings. The van der Waals surface area contributed by atoms with Crippen molar-refractivity contribution in [3.8, 4) is 0 Å². The lowest BCUT2D eigenvalue weighted by Crippen LogP contribution is -2.62. The first-order valence-corrected chi connectivity index (χ1v) is 9.88. The van der Waals surface area contributed by atoms with Crippen LogP contribution in [0.25, 0.3) is 0 Å². The molecule has 0 amide bonds. The van der Waals surface area contributed by atoms with E-state index >= 15 is 0 Å². The Hall–Kier alpha value is 0. The molecule has 0 aromatic carbocycles. The first kappa shape index (κ1) is 13.4. The Balaban J connectivity index is 1.41. The van der Waals surface area contributed by atoms with Crippen molar-refractivity contribution in [1.82, 2.24) is 0 Å². The number of rotatable bonds is 3. The van der Waals surface area contributed by atoms with E-state index < -0.39 is 0 Å². The van der Waals surface area contributed by atoms with Crippen LogP contribution >= 0.6 is 0 Å². The van der Waals surface area contributed by atoms with Crippen LogP contribution in [0.5, 0.6) is 0 Å². The van der Waals surface area contributed by atoms with Crippen LogP contribution in [0.2, 0.25) is 0 Å². The zero-order valence-electron chi connectivity index (χ0n) is 14.7. The van der Waals surface area contributed by atoms with E-state index in [1.807, 2.05) is 0 Å². The summed E-state index contributed by atoms with van der Waals surface area (Å²) in [7, 11) is 0. The Bertz CT molecular complexity index is 470. The summed E-state index contributed by atoms with van der Waals surface area (Å²) in [5, 5.41) is 0. The topological polar surface area (TPSA) is 0 Å². The van der Waals surface area contributed by atoms with E-state index in [0.717, 1.165) is 58.7 Å². The maximum absolute atomic E-state index is 2.71. The minimum absolute atomic E-state index is 0.668. The average molecular weight is 287 g/mol. The first-order valence-electron chi connectivity index (χ1n) is 9.88. The third kappa shape index (κ3) is 1.36. The molecule has 6 saturated carbocycles. The number of hydrogen-bond donors (Lipinski definition) is 0. The van der Waals surface area contributed by atoms with E-state index in [9.17, 15) is 0 Å². The molecular weight excluding hydrogens is 252 g/mol. The Labute approximate surface area is 131 Å². The Morgan fingerprint density at radius 3 is 2.14 bits per heavy atom. The van der Waals surface area contributed by atoms with Crippen molar-refractivity contribution in [2.75, 3.05) is 0 Å². The number of hydrogen-bond acceptors (Lipinski definition) is 0. The van der Waals surface area contributed by atoms with Gasteiger partial charge in [-0.2, -0.15) is 0 Å². The quantitative estimate of drug-likeness (QED) is 0.631. The zero-order valence-corrected chi connectivity index (χ0v) is 14.7. The largest absolute Gasteiger partial charge is 0.0622 e. The van der Waals surface area contributed by atoms with Crippen molar-refractivity contribution >= 4 is 0 Å². The molecule has 0 radical (unpaired) electrons. The molecular formula is C21H34. The van der Waals surface area contributed by atoms with Crippen LogP contribution in [-0.4, -0.2) is 0 Å². The third-order valence-electron chi connectivity index (χ3n) is 10.0. The molecule has 0 aromatic heterocycles. The van der Waals surface area contributed by atoms with Crippen LogP contribution in [0.15, 0.2) is 0 Å². The average Bonchev–Trinajstić information content (AvgIpc) is 2.93. The molecule has 2 bridgehead atoms. The normalized spacial score (nSPS) is 67.1. The van der Waals surface area contributed by atoms with E-state index in [1.54, 1.807) is 32.1 Å². The number of fused-ring (bicyclic) bond motifs is 2. The van der Waals surface area contributed by atoms with Crippen molar-refractivity contribution < 1.29 is 0 Å². The summed E-state index contributed by atoms with van der Waals surface area (Å²) in [4.78, 5) is 0. The second kappa shape index (κ2) is 3.73. The molecule has 21 heavy (non-hydrogen) atoms. The van der Waals surface area contributed by atoms with Crippen molar-refractivity contribution in [1.29, 1.82) is 0 Å². The molecule has 6 rings (SSSR count). The van der Waals surface area contributed by atoms with E-state index in [-0.39, 0.29) is 0 Å². The fraction of sp³-hybridized carbons (Fsp3) is 1.00. The fourth-order valence-electron chi connectivity index (χ4n) is 8.44. The summed E-state index contributed by atoms with van der Waals surface area (Å²) < 4.78 is 0. The second-order valence-corrected chi connectivity index (χ2v) is 10.6. The molecule has 0 N–H and O–H groups in total. The van der Waals surface area contributed by atoms with Crippen molar-refractivity contribution in [2.24, 2.45) is 64.1 Å². The van der Waals surface area contributed by atoms with Gasteiger partial charge in [0.25, 0.3) is 0 Å². The molecule has 0 nitrogen and oxygen atoms in total. The maximum atomic E-state index is 2.71. The van der Waals surface area contributed by atoms with Gasteiger partial charge in [0, 0.05) is 0 Å². The molecule has 0 heteroatoms. The lowest BCUT2D eigenvalue weighted by Gasteiger charge is -2.68. The highest BCUT2D eigenvalue weighted by Gasteiger charge is 2.72. The minimum Gasteiger partial charge on any atom is -0.0622 e. The molecule has 0 aromatic rings. The van der Waals surface area contributed by atoms with Crippen LogP contribution in [0.3, 0.4) is 0 Å². The maximum Gasteiger partial charge on any atom is -0.0238 e. The molecule has 6 aliphatic rings. The van der Waals surface area contributed by atoms with Crippen LogP contribution in [-0.2, 0) is 0 Å². The summed E-state index contributed by atoms with van der Waals surface area (Å²) in [5.74, 6) is 9.67. The summed E-state index contributed by atoms with van der Waals surface area (Å²) in [6.45, 7) is 12.9. The van der Waals surface area contributed by atoms with Gasteiger partial charge in [-0.25, -0.2) is 0 Å². The molecule has 0 heterocycles. The van der Waals surface area contributed by atoms with Crippen LogP contribution < -0.4 is 0 Å². The van der Waals surface area contributed by atoms with Crippen LogP contribution in [0.1, 0.15) is 66.7 Å². The minimum atomic E-state index is 0.668. The van der Waals surface area contributed by atoms with Gasteiger partial charge >= 0.3 is 0 Å². The Morgan fingerprint density at radius 2 is 1.67 bits per heavy atom. The Kier molecular flexibility index (Phi) is 2.39. The highest BCUT2D eigenvalue weighted by atomic mass is 14.8. The molecule has 8 unspecified atom stereocenters. The van der Waals surface area contributed by atoms with Crippen molar-refractivity contribution in [2.45, 2.75) is 66.7 Å². The van der Waals surface area contributed by atoms with Gasteiger partial charge < -0.3 is 0 Å². The summed E-state index contributed by atoms with van der Waals surface area (Å²) >= 11 is 0. The van der Waals surface area contributed by atoms with Crippen LogP contribution in [0, 0.1) is 64.1 Å². The third-order valence-corrected chi connectivity index (χ3v) is 10.0. The Morgan fingerprint density at radius 1 is 0.952 bits per heavy atom. The SMILES string of the molecule is CC1CC2(C3CC(C4C(C)C5CC54)C3(C)C(C)C)CC1C2. The summed E-state index contributed by atoms with van der Waals surface area (Å²) in [6.07, 6.45) is 7.96. The lowest BCUT2D eigenvalue weighted by atomic mass is 9.36. The molecule has 118 valence electrons. The predicted octanol–water partition coefficient (Wildman–Crippen LogP) is 5.62. The molecule has 6 aliphatic carbocycles. The van der Waals surface area contributed by atoms with Crippen molar-refractivity contribution in [3.63, 3.8) is 0 Å². The fourth-order valence-corrected chi connectivity index (χ4v) is 8.44. The van der Waals surface area contributed by atoms with Gasteiger partial charge in [-0.1, -0.05) is 34.6 Å². The molecule has 0 saturated heterocycles. The van der Waals surface area contributed by atoms with Crippen LogP contribution in [0.4, 0.5) is 0 Å². The molecule has 0 spiro atoms. The van der Waals surface area contributed by atoms with Gasteiger partial charge in [-0.05, 0) is 96.2 Å². The highest BCUT2D eigenvalue weighted by Crippen LogP contribution is 2.79. The zero-order chi connectivity index (χ0) is 14.7. The monoisotopic (exact) mass is 286 g/mol. The first-order chi connectivity index (χ1) is 9.88. The van der Waals surface area contributed by atoms with E-state index in [0.29, 0.717) is 5.41 Å². The second-order valence-electron chi connectivity index (χ2n) is 10.6. The van der Waals surface area contributed by atoms with E-state index in [2.05, 4.69) is 34.6 Å². The predicted molar refractivity (Wildman–Crippen MR) is 87.7 cm³/mol. The highest BCUT2D eigenvalue weighted by molar-refractivity contribution is 5.21.